The van der Waals surface area contributed by atoms with E-state index in [0.29, 0.717) is 18.2 Å². The second kappa shape index (κ2) is 7.44. The zero-order valence-electron chi connectivity index (χ0n) is 18.0. The number of amides is 1. The number of anilines is 1. The van der Waals surface area contributed by atoms with Gasteiger partial charge in [0, 0.05) is 26.3 Å². The molecule has 28 heavy (non-hydrogen) atoms. The Morgan fingerprint density at radius 3 is 2.46 bits per heavy atom. The molecule has 1 saturated heterocycles. The minimum absolute atomic E-state index is 0.0289. The fourth-order valence-electron chi connectivity index (χ4n) is 2.87. The third-order valence-electron chi connectivity index (χ3n) is 5.50. The smallest absolute Gasteiger partial charge is 0.480 e. The quantitative estimate of drug-likeness (QED) is 0.534. The lowest BCUT2D eigenvalue weighted by atomic mass is 9.80. The molecule has 2 aliphatic heterocycles. The summed E-state index contributed by atoms with van der Waals surface area (Å²) >= 11 is 0. The summed E-state index contributed by atoms with van der Waals surface area (Å²) in [7, 11) is -1.70. The highest BCUT2D eigenvalue weighted by atomic mass is 28.3. The van der Waals surface area contributed by atoms with Gasteiger partial charge >= 0.3 is 7.12 Å². The molecule has 154 valence electrons. The zero-order chi connectivity index (χ0) is 20.7. The van der Waals surface area contributed by atoms with Gasteiger partial charge in [-0.3, -0.25) is 9.69 Å². The van der Waals surface area contributed by atoms with Gasteiger partial charge in [-0.05, 0) is 39.8 Å². The molecule has 0 bridgehead atoms. The third kappa shape index (κ3) is 4.42. The lowest BCUT2D eigenvalue weighted by Crippen LogP contribution is -2.42. The number of aromatic nitrogens is 1. The van der Waals surface area contributed by atoms with E-state index in [-0.39, 0.29) is 19.2 Å². The van der Waals surface area contributed by atoms with Crippen LogP contribution in [0, 0.1) is 0 Å². The summed E-state index contributed by atoms with van der Waals surface area (Å²) in [6.07, 6.45) is 1.68. The predicted octanol–water partition coefficient (Wildman–Crippen LogP) is 2.42. The zero-order valence-corrected chi connectivity index (χ0v) is 19.0. The molecule has 0 atom stereocenters. The number of pyridine rings is 1. The highest BCUT2D eigenvalue weighted by Gasteiger charge is 2.52. The first-order valence-electron chi connectivity index (χ1n) is 9.76. The molecular formula is C19H31BN2O5Si. The highest BCUT2D eigenvalue weighted by molar-refractivity contribution is 6.76. The minimum atomic E-state index is -1.18. The van der Waals surface area contributed by atoms with Crippen LogP contribution in [0.25, 0.3) is 0 Å². The molecule has 0 unspecified atom stereocenters. The maximum absolute atomic E-state index is 12.3. The van der Waals surface area contributed by atoms with Gasteiger partial charge in [0.2, 0.25) is 0 Å². The summed E-state index contributed by atoms with van der Waals surface area (Å²) in [6.45, 7) is 15.7. The minimum Gasteiger partial charge on any atom is -0.480 e. The molecule has 3 heterocycles. The van der Waals surface area contributed by atoms with Crippen LogP contribution in [0.2, 0.25) is 25.7 Å². The van der Waals surface area contributed by atoms with Crippen molar-refractivity contribution in [3.8, 4) is 5.75 Å². The Morgan fingerprint density at radius 2 is 1.86 bits per heavy atom. The Bertz CT molecular complexity index is 734. The standard InChI is InChI=1S/C19H31BN2O5Si/c1-18(2)19(3,4)27-20(26-18)14-10-15-17(21-11-14)22(16(23)12-25-15)13-24-8-9-28(5,6)7/h10-11H,8-9,12-13H2,1-7H3. The van der Waals surface area contributed by atoms with Crippen molar-refractivity contribution in [3.63, 3.8) is 0 Å². The lowest BCUT2D eigenvalue weighted by molar-refractivity contribution is -0.122. The first-order chi connectivity index (χ1) is 12.9. The van der Waals surface area contributed by atoms with Crippen molar-refractivity contribution >= 4 is 32.4 Å². The molecule has 0 N–H and O–H groups in total. The maximum Gasteiger partial charge on any atom is 0.496 e. The number of rotatable bonds is 6. The summed E-state index contributed by atoms with van der Waals surface area (Å²) < 4.78 is 23.5. The second-order valence-corrected chi connectivity index (χ2v) is 15.3. The average Bonchev–Trinajstić information content (AvgIpc) is 2.79. The van der Waals surface area contributed by atoms with Crippen LogP contribution in [0.1, 0.15) is 27.7 Å². The van der Waals surface area contributed by atoms with Crippen LogP contribution < -0.4 is 15.1 Å². The fourth-order valence-corrected chi connectivity index (χ4v) is 3.63. The van der Waals surface area contributed by atoms with Crippen LogP contribution in [0.5, 0.6) is 5.75 Å². The Kier molecular flexibility index (Phi) is 5.66. The second-order valence-electron chi connectivity index (χ2n) is 9.64. The van der Waals surface area contributed by atoms with Crippen molar-refractivity contribution < 1.29 is 23.6 Å². The molecular weight excluding hydrogens is 375 g/mol. The van der Waals surface area contributed by atoms with Crippen LogP contribution >= 0.6 is 0 Å². The van der Waals surface area contributed by atoms with E-state index >= 15 is 0 Å². The van der Waals surface area contributed by atoms with Gasteiger partial charge in [-0.15, -0.1) is 0 Å². The Labute approximate surface area is 168 Å². The average molecular weight is 406 g/mol. The van der Waals surface area contributed by atoms with Crippen molar-refractivity contribution in [2.24, 2.45) is 0 Å². The number of carbonyl (C=O) groups excluding carboxylic acids is 1. The summed E-state index contributed by atoms with van der Waals surface area (Å²) in [5, 5.41) is 0. The Hall–Kier alpha value is -1.42. The van der Waals surface area contributed by atoms with Crippen LogP contribution in [0.15, 0.2) is 12.3 Å². The van der Waals surface area contributed by atoms with E-state index in [1.165, 1.54) is 4.90 Å². The van der Waals surface area contributed by atoms with Gasteiger partial charge in [-0.25, -0.2) is 4.98 Å². The van der Waals surface area contributed by atoms with E-state index in [2.05, 4.69) is 24.6 Å². The van der Waals surface area contributed by atoms with E-state index in [9.17, 15) is 4.79 Å². The number of carbonyl (C=O) groups is 1. The van der Waals surface area contributed by atoms with Crippen molar-refractivity contribution in [3.05, 3.63) is 12.3 Å². The molecule has 3 rings (SSSR count). The predicted molar refractivity (Wildman–Crippen MR) is 112 cm³/mol. The maximum atomic E-state index is 12.3. The molecule has 0 aromatic carbocycles. The van der Waals surface area contributed by atoms with E-state index in [1.54, 1.807) is 6.20 Å². The largest absolute Gasteiger partial charge is 0.496 e. The van der Waals surface area contributed by atoms with Crippen molar-refractivity contribution in [2.75, 3.05) is 24.8 Å². The van der Waals surface area contributed by atoms with E-state index in [0.717, 1.165) is 11.5 Å². The van der Waals surface area contributed by atoms with Crippen LogP contribution in [0.4, 0.5) is 5.82 Å². The first-order valence-corrected chi connectivity index (χ1v) is 13.5. The Balaban J connectivity index is 1.72. The normalized spacial score (nSPS) is 20.9. The molecule has 9 heteroatoms. The molecule has 0 radical (unpaired) electrons. The summed E-state index contributed by atoms with van der Waals surface area (Å²) in [5.41, 5.74) is -0.0901. The SMILES string of the molecule is CC1(C)OB(c2cnc3c(c2)OCC(=O)N3COCC[Si](C)(C)C)OC1(C)C. The molecule has 1 amide bonds. The number of ether oxygens (including phenoxy) is 2. The van der Waals surface area contributed by atoms with E-state index in [4.69, 9.17) is 18.8 Å². The van der Waals surface area contributed by atoms with Gasteiger partial charge in [-0.2, -0.15) is 0 Å². The topological polar surface area (TPSA) is 70.1 Å². The number of fused-ring (bicyclic) bond motifs is 1. The molecule has 2 aliphatic rings. The van der Waals surface area contributed by atoms with E-state index < -0.39 is 26.4 Å². The number of nitrogens with zero attached hydrogens (tertiary/aromatic N) is 2. The number of hydrogen-bond acceptors (Lipinski definition) is 6. The van der Waals surface area contributed by atoms with E-state index in [1.807, 2.05) is 33.8 Å². The molecule has 0 spiro atoms. The fraction of sp³-hybridized carbons (Fsp3) is 0.684. The van der Waals surface area contributed by atoms with Gasteiger partial charge in [0.05, 0.1) is 11.2 Å². The third-order valence-corrected chi connectivity index (χ3v) is 7.21. The number of hydrogen-bond donors (Lipinski definition) is 0. The van der Waals surface area contributed by atoms with Gasteiger partial charge < -0.3 is 18.8 Å². The molecule has 0 aliphatic carbocycles. The van der Waals surface area contributed by atoms with Crippen molar-refractivity contribution in [1.82, 2.24) is 4.98 Å². The summed E-state index contributed by atoms with van der Waals surface area (Å²) in [6, 6.07) is 2.89. The molecule has 0 saturated carbocycles. The summed E-state index contributed by atoms with van der Waals surface area (Å²) in [5.74, 6) is 0.863. The lowest BCUT2D eigenvalue weighted by Gasteiger charge is -2.32. The molecule has 7 nitrogen and oxygen atoms in total. The first kappa shape index (κ1) is 21.3. The van der Waals surface area contributed by atoms with Gasteiger partial charge in [0.1, 0.15) is 6.73 Å². The van der Waals surface area contributed by atoms with Gasteiger partial charge in [-0.1, -0.05) is 19.6 Å². The molecule has 1 aromatic rings. The van der Waals surface area contributed by atoms with Crippen molar-refractivity contribution in [1.29, 1.82) is 0 Å². The van der Waals surface area contributed by atoms with Gasteiger partial charge in [0.15, 0.2) is 18.2 Å². The highest BCUT2D eigenvalue weighted by Crippen LogP contribution is 2.37. The molecule has 1 aromatic heterocycles. The Morgan fingerprint density at radius 1 is 1.21 bits per heavy atom. The van der Waals surface area contributed by atoms with Crippen LogP contribution in [-0.4, -0.2) is 57.2 Å². The van der Waals surface area contributed by atoms with Crippen molar-refractivity contribution in [2.45, 2.75) is 64.6 Å². The molecule has 1 fully saturated rings. The van der Waals surface area contributed by atoms with Gasteiger partial charge in [0.25, 0.3) is 5.91 Å². The monoisotopic (exact) mass is 406 g/mol. The van der Waals surface area contributed by atoms with Crippen LogP contribution in [0.3, 0.4) is 0 Å². The van der Waals surface area contributed by atoms with Crippen LogP contribution in [-0.2, 0) is 18.8 Å². The summed E-state index contributed by atoms with van der Waals surface area (Å²) in [4.78, 5) is 18.3.